The van der Waals surface area contributed by atoms with E-state index in [0.29, 0.717) is 6.61 Å². The fourth-order valence-corrected chi connectivity index (χ4v) is 3.11. The van der Waals surface area contributed by atoms with Gasteiger partial charge in [0.2, 0.25) is 0 Å². The van der Waals surface area contributed by atoms with Crippen molar-refractivity contribution in [3.63, 3.8) is 0 Å². The van der Waals surface area contributed by atoms with Gasteiger partial charge in [0.25, 0.3) is 0 Å². The summed E-state index contributed by atoms with van der Waals surface area (Å²) in [5.74, 6) is 1.80. The predicted octanol–water partition coefficient (Wildman–Crippen LogP) is 3.92. The van der Waals surface area contributed by atoms with Gasteiger partial charge in [-0.3, -0.25) is 4.98 Å². The second-order valence-electron chi connectivity index (χ2n) is 4.62. The third-order valence-corrected chi connectivity index (χ3v) is 4.16. The number of aromatic nitrogens is 1. The fraction of sp³-hybridized carbons (Fsp3) is 0.353. The lowest BCUT2D eigenvalue weighted by Gasteiger charge is -2.18. The molecular weight excluding hydrogens is 280 g/mol. The zero-order valence-electron chi connectivity index (χ0n) is 12.6. The van der Waals surface area contributed by atoms with Crippen molar-refractivity contribution in [2.45, 2.75) is 24.8 Å². The number of hydrogen-bond acceptors (Lipinski definition) is 4. The van der Waals surface area contributed by atoms with E-state index in [1.54, 1.807) is 6.20 Å². The van der Waals surface area contributed by atoms with E-state index in [9.17, 15) is 0 Å². The molecule has 2 aromatic rings. The van der Waals surface area contributed by atoms with Gasteiger partial charge in [-0.1, -0.05) is 25.1 Å². The highest BCUT2D eigenvalue weighted by Gasteiger charge is 2.12. The van der Waals surface area contributed by atoms with Crippen LogP contribution in [-0.2, 0) is 0 Å². The summed E-state index contributed by atoms with van der Waals surface area (Å²) in [5, 5.41) is 3.52. The molecule has 0 aliphatic rings. The number of hydrogen-bond donors (Lipinski definition) is 1. The molecule has 1 atom stereocenters. The Bertz CT molecular complexity index is 533. The minimum absolute atomic E-state index is 0.271. The molecule has 0 fully saturated rings. The second kappa shape index (κ2) is 8.70. The van der Waals surface area contributed by atoms with Crippen LogP contribution in [0, 0.1) is 0 Å². The molecule has 4 heteroatoms. The maximum atomic E-state index is 5.54. The van der Waals surface area contributed by atoms with Crippen LogP contribution in [0.4, 0.5) is 0 Å². The normalized spacial score (nSPS) is 12.1. The van der Waals surface area contributed by atoms with E-state index in [4.69, 9.17) is 4.74 Å². The Hall–Kier alpha value is -1.52. The summed E-state index contributed by atoms with van der Waals surface area (Å²) in [6.07, 6.45) is 3.68. The Morgan fingerprint density at radius 1 is 1.19 bits per heavy atom. The van der Waals surface area contributed by atoms with Crippen molar-refractivity contribution in [1.82, 2.24) is 10.3 Å². The smallest absolute Gasteiger partial charge is 0.137 e. The largest absolute Gasteiger partial charge is 0.492 e. The van der Waals surface area contributed by atoms with Gasteiger partial charge >= 0.3 is 0 Å². The maximum absolute atomic E-state index is 5.54. The van der Waals surface area contributed by atoms with Crippen molar-refractivity contribution < 1.29 is 4.74 Å². The zero-order valence-corrected chi connectivity index (χ0v) is 13.4. The van der Waals surface area contributed by atoms with Gasteiger partial charge in [0.15, 0.2) is 0 Å². The minimum Gasteiger partial charge on any atom is -0.492 e. The lowest BCUT2D eigenvalue weighted by Crippen LogP contribution is -2.23. The van der Waals surface area contributed by atoms with Crippen molar-refractivity contribution in [3.05, 3.63) is 54.4 Å². The first-order valence-electron chi connectivity index (χ1n) is 7.32. The Balaban J connectivity index is 2.05. The average Bonchev–Trinajstić information content (AvgIpc) is 2.53. The summed E-state index contributed by atoms with van der Waals surface area (Å²) in [4.78, 5) is 5.57. The Labute approximate surface area is 131 Å². The fourth-order valence-electron chi connectivity index (χ4n) is 2.09. The highest BCUT2D eigenvalue weighted by Crippen LogP contribution is 2.26. The molecule has 1 aromatic heterocycles. The molecule has 1 aromatic carbocycles. The Morgan fingerprint density at radius 3 is 2.71 bits per heavy atom. The van der Waals surface area contributed by atoms with Crippen molar-refractivity contribution in [2.24, 2.45) is 0 Å². The van der Waals surface area contributed by atoms with Gasteiger partial charge in [-0.2, -0.15) is 0 Å². The number of nitrogens with zero attached hydrogens (tertiary/aromatic N) is 1. The summed E-state index contributed by atoms with van der Waals surface area (Å²) in [6, 6.07) is 12.8. The van der Waals surface area contributed by atoms with E-state index in [1.807, 2.05) is 30.9 Å². The third-order valence-electron chi connectivity index (χ3n) is 3.06. The minimum atomic E-state index is 0.271. The molecular formula is C17H22N2OS. The number of ether oxygens (including phenoxy) is 1. The second-order valence-corrected chi connectivity index (χ2v) is 5.71. The summed E-state index contributed by atoms with van der Waals surface area (Å²) >= 11 is 1.85. The van der Waals surface area contributed by atoms with Crippen LogP contribution in [0.15, 0.2) is 53.7 Å². The molecule has 1 N–H and O–H groups in total. The SMILES string of the molecule is CCNC(CSc1ccccc1)c1cncc(OCC)c1. The van der Waals surface area contributed by atoms with E-state index in [-0.39, 0.29) is 6.04 Å². The molecule has 1 unspecified atom stereocenters. The summed E-state index contributed by atoms with van der Waals surface area (Å²) < 4.78 is 5.54. The van der Waals surface area contributed by atoms with Crippen LogP contribution < -0.4 is 10.1 Å². The van der Waals surface area contributed by atoms with Gasteiger partial charge in [0, 0.05) is 22.9 Å². The first-order valence-corrected chi connectivity index (χ1v) is 8.31. The van der Waals surface area contributed by atoms with Crippen molar-refractivity contribution in [3.8, 4) is 5.75 Å². The van der Waals surface area contributed by atoms with Crippen LogP contribution in [0.1, 0.15) is 25.5 Å². The maximum Gasteiger partial charge on any atom is 0.137 e. The van der Waals surface area contributed by atoms with E-state index in [1.165, 1.54) is 10.5 Å². The number of thioether (sulfide) groups is 1. The van der Waals surface area contributed by atoms with Crippen LogP contribution in [0.5, 0.6) is 5.75 Å². The summed E-state index contributed by atoms with van der Waals surface area (Å²) in [6.45, 7) is 5.70. The highest BCUT2D eigenvalue weighted by molar-refractivity contribution is 7.99. The molecule has 0 saturated carbocycles. The number of nitrogens with one attached hydrogen (secondary N) is 1. The molecule has 0 spiro atoms. The van der Waals surface area contributed by atoms with Crippen molar-refractivity contribution >= 4 is 11.8 Å². The molecule has 0 saturated heterocycles. The van der Waals surface area contributed by atoms with Crippen LogP contribution in [0.3, 0.4) is 0 Å². The van der Waals surface area contributed by atoms with Gasteiger partial charge in [0.1, 0.15) is 5.75 Å². The van der Waals surface area contributed by atoms with Gasteiger partial charge in [-0.25, -0.2) is 0 Å². The number of benzene rings is 1. The monoisotopic (exact) mass is 302 g/mol. The molecule has 0 radical (unpaired) electrons. The molecule has 0 amide bonds. The van der Waals surface area contributed by atoms with Crippen LogP contribution in [0.25, 0.3) is 0 Å². The molecule has 112 valence electrons. The highest BCUT2D eigenvalue weighted by atomic mass is 32.2. The average molecular weight is 302 g/mol. The molecule has 0 aliphatic heterocycles. The van der Waals surface area contributed by atoms with Crippen LogP contribution in [-0.4, -0.2) is 23.9 Å². The van der Waals surface area contributed by atoms with E-state index in [2.05, 4.69) is 47.6 Å². The van der Waals surface area contributed by atoms with Gasteiger partial charge in [0.05, 0.1) is 12.8 Å². The molecule has 1 heterocycles. The molecule has 2 rings (SSSR count). The van der Waals surface area contributed by atoms with Crippen molar-refractivity contribution in [2.75, 3.05) is 18.9 Å². The molecule has 21 heavy (non-hydrogen) atoms. The standard InChI is InChI=1S/C17H22N2OS/c1-3-19-17(13-21-16-8-6-5-7-9-16)14-10-15(20-4-2)12-18-11-14/h5-12,17,19H,3-4,13H2,1-2H3. The quantitative estimate of drug-likeness (QED) is 0.749. The van der Waals surface area contributed by atoms with Crippen molar-refractivity contribution in [1.29, 1.82) is 0 Å². The Morgan fingerprint density at radius 2 is 2.00 bits per heavy atom. The predicted molar refractivity (Wildman–Crippen MR) is 89.0 cm³/mol. The summed E-state index contributed by atoms with van der Waals surface area (Å²) in [5.41, 5.74) is 1.17. The third kappa shape index (κ3) is 5.06. The summed E-state index contributed by atoms with van der Waals surface area (Å²) in [7, 11) is 0. The first-order chi connectivity index (χ1) is 10.3. The van der Waals surface area contributed by atoms with Gasteiger partial charge < -0.3 is 10.1 Å². The first kappa shape index (κ1) is 15.9. The topological polar surface area (TPSA) is 34.2 Å². The number of rotatable bonds is 8. The lowest BCUT2D eigenvalue weighted by molar-refractivity contribution is 0.338. The van der Waals surface area contributed by atoms with E-state index in [0.717, 1.165) is 18.0 Å². The lowest BCUT2D eigenvalue weighted by atomic mass is 10.1. The Kier molecular flexibility index (Phi) is 6.57. The molecule has 0 aliphatic carbocycles. The van der Waals surface area contributed by atoms with E-state index < -0.39 is 0 Å². The molecule has 3 nitrogen and oxygen atoms in total. The van der Waals surface area contributed by atoms with Gasteiger partial charge in [-0.15, -0.1) is 11.8 Å². The number of pyridine rings is 1. The van der Waals surface area contributed by atoms with Gasteiger partial charge in [-0.05, 0) is 37.2 Å². The van der Waals surface area contributed by atoms with Crippen LogP contribution in [0.2, 0.25) is 0 Å². The van der Waals surface area contributed by atoms with Crippen LogP contribution >= 0.6 is 11.8 Å². The zero-order chi connectivity index (χ0) is 14.9. The van der Waals surface area contributed by atoms with E-state index >= 15 is 0 Å². The molecule has 0 bridgehead atoms.